The van der Waals surface area contributed by atoms with Crippen LogP contribution in [0.1, 0.15) is 50.2 Å². The van der Waals surface area contributed by atoms with Gasteiger partial charge in [-0.2, -0.15) is 0 Å². The molecule has 3 rings (SSSR count). The summed E-state index contributed by atoms with van der Waals surface area (Å²) in [5.41, 5.74) is 2.77. The third-order valence-corrected chi connectivity index (χ3v) is 4.86. The predicted molar refractivity (Wildman–Crippen MR) is 83.1 cm³/mol. The number of nitrogens with one attached hydrogen (secondary N) is 1. The van der Waals surface area contributed by atoms with Gasteiger partial charge in [-0.25, -0.2) is 0 Å². The normalized spacial score (nSPS) is 25.2. The second-order valence-corrected chi connectivity index (χ2v) is 6.64. The monoisotopic (exact) mass is 273 g/mol. The molecule has 0 amide bonds. The Balaban J connectivity index is 1.39. The minimum atomic E-state index is 0.853. The summed E-state index contributed by atoms with van der Waals surface area (Å²) in [4.78, 5) is 0. The van der Waals surface area contributed by atoms with Crippen LogP contribution in [-0.2, 0) is 13.0 Å². The zero-order chi connectivity index (χ0) is 13.8. The molecule has 1 heterocycles. The average molecular weight is 273 g/mol. The second kappa shape index (κ2) is 6.62. The Morgan fingerprint density at radius 2 is 2.25 bits per heavy atom. The van der Waals surface area contributed by atoms with E-state index in [1.54, 1.807) is 0 Å². The molecule has 20 heavy (non-hydrogen) atoms. The third kappa shape index (κ3) is 3.54. The Morgan fingerprint density at radius 3 is 3.15 bits per heavy atom. The van der Waals surface area contributed by atoms with Crippen molar-refractivity contribution in [1.82, 2.24) is 5.32 Å². The minimum absolute atomic E-state index is 0.853. The summed E-state index contributed by atoms with van der Waals surface area (Å²) in [5.74, 6) is 3.00. The standard InChI is InChI=1S/C18H27NO/c1-14-3-2-4-15(11-14)7-9-19-13-16-5-6-18-17(12-16)8-10-20-18/h5-6,12,14-15,19H,2-4,7-11,13H2,1H3. The van der Waals surface area contributed by atoms with Crippen LogP contribution in [0.3, 0.4) is 0 Å². The van der Waals surface area contributed by atoms with E-state index in [1.807, 2.05) is 0 Å². The van der Waals surface area contributed by atoms with E-state index in [9.17, 15) is 0 Å². The SMILES string of the molecule is CC1CCCC(CCNCc2ccc3c(c2)CCO3)C1. The number of hydrogen-bond acceptors (Lipinski definition) is 2. The molecule has 1 aliphatic heterocycles. The topological polar surface area (TPSA) is 21.3 Å². The molecule has 1 saturated carbocycles. The largest absolute Gasteiger partial charge is 0.493 e. The van der Waals surface area contributed by atoms with Crippen LogP contribution >= 0.6 is 0 Å². The van der Waals surface area contributed by atoms with Gasteiger partial charge in [0.05, 0.1) is 6.61 Å². The van der Waals surface area contributed by atoms with Gasteiger partial charge in [-0.15, -0.1) is 0 Å². The van der Waals surface area contributed by atoms with Crippen LogP contribution < -0.4 is 10.1 Å². The van der Waals surface area contributed by atoms with Crippen LogP contribution in [-0.4, -0.2) is 13.2 Å². The number of benzene rings is 1. The first-order valence-electron chi connectivity index (χ1n) is 8.26. The highest BCUT2D eigenvalue weighted by Gasteiger charge is 2.18. The Bertz CT molecular complexity index is 443. The van der Waals surface area contributed by atoms with Crippen molar-refractivity contribution < 1.29 is 4.74 Å². The number of rotatable bonds is 5. The van der Waals surface area contributed by atoms with E-state index < -0.39 is 0 Å². The van der Waals surface area contributed by atoms with Gasteiger partial charge in [0.15, 0.2) is 0 Å². The van der Waals surface area contributed by atoms with Crippen LogP contribution in [0.15, 0.2) is 18.2 Å². The van der Waals surface area contributed by atoms with Crippen molar-refractivity contribution in [3.8, 4) is 5.75 Å². The summed E-state index contributed by atoms with van der Waals surface area (Å²) in [6, 6.07) is 6.63. The molecule has 2 heteroatoms. The second-order valence-electron chi connectivity index (χ2n) is 6.64. The molecule has 0 bridgehead atoms. The van der Waals surface area contributed by atoms with Crippen molar-refractivity contribution in [3.63, 3.8) is 0 Å². The first kappa shape index (κ1) is 13.9. The molecule has 1 N–H and O–H groups in total. The highest BCUT2D eigenvalue weighted by molar-refractivity contribution is 5.39. The van der Waals surface area contributed by atoms with Gasteiger partial charge in [0, 0.05) is 13.0 Å². The van der Waals surface area contributed by atoms with Crippen molar-refractivity contribution in [2.75, 3.05) is 13.2 Å². The Labute approximate surface area is 122 Å². The van der Waals surface area contributed by atoms with Crippen molar-refractivity contribution in [3.05, 3.63) is 29.3 Å². The van der Waals surface area contributed by atoms with Gasteiger partial charge in [0.1, 0.15) is 5.75 Å². The van der Waals surface area contributed by atoms with E-state index in [0.717, 1.165) is 43.7 Å². The number of hydrogen-bond donors (Lipinski definition) is 1. The van der Waals surface area contributed by atoms with E-state index in [4.69, 9.17) is 4.74 Å². The maximum Gasteiger partial charge on any atom is 0.122 e. The molecule has 0 radical (unpaired) electrons. The summed E-state index contributed by atoms with van der Waals surface area (Å²) in [6.45, 7) is 5.42. The molecule has 0 aromatic heterocycles. The summed E-state index contributed by atoms with van der Waals surface area (Å²) >= 11 is 0. The molecule has 1 aromatic carbocycles. The van der Waals surface area contributed by atoms with Crippen molar-refractivity contribution in [2.45, 2.75) is 52.0 Å². The Morgan fingerprint density at radius 1 is 1.30 bits per heavy atom. The van der Waals surface area contributed by atoms with Crippen LogP contribution in [0.4, 0.5) is 0 Å². The molecule has 0 spiro atoms. The molecule has 2 nitrogen and oxygen atoms in total. The lowest BCUT2D eigenvalue weighted by Crippen LogP contribution is -2.21. The molecular weight excluding hydrogens is 246 g/mol. The summed E-state index contributed by atoms with van der Waals surface area (Å²) in [5, 5.41) is 3.61. The molecule has 2 aliphatic rings. The van der Waals surface area contributed by atoms with E-state index in [2.05, 4.69) is 30.4 Å². The van der Waals surface area contributed by atoms with Crippen molar-refractivity contribution in [1.29, 1.82) is 0 Å². The molecule has 1 aromatic rings. The van der Waals surface area contributed by atoms with Crippen molar-refractivity contribution >= 4 is 0 Å². The van der Waals surface area contributed by atoms with Crippen LogP contribution in [0.2, 0.25) is 0 Å². The van der Waals surface area contributed by atoms with Gasteiger partial charge in [-0.05, 0) is 48.4 Å². The molecule has 2 atom stereocenters. The molecule has 0 saturated heterocycles. The smallest absolute Gasteiger partial charge is 0.122 e. The fraction of sp³-hybridized carbons (Fsp3) is 0.667. The fourth-order valence-corrected chi connectivity index (χ4v) is 3.71. The predicted octanol–water partition coefficient (Wildman–Crippen LogP) is 3.93. The van der Waals surface area contributed by atoms with Gasteiger partial charge in [0.25, 0.3) is 0 Å². The third-order valence-electron chi connectivity index (χ3n) is 4.86. The lowest BCUT2D eigenvalue weighted by atomic mass is 9.81. The molecular formula is C18H27NO. The Kier molecular flexibility index (Phi) is 4.62. The molecule has 1 fully saturated rings. The van der Waals surface area contributed by atoms with E-state index >= 15 is 0 Å². The van der Waals surface area contributed by atoms with E-state index in [-0.39, 0.29) is 0 Å². The summed E-state index contributed by atoms with van der Waals surface area (Å²) in [7, 11) is 0. The highest BCUT2D eigenvalue weighted by atomic mass is 16.5. The van der Waals surface area contributed by atoms with Gasteiger partial charge in [-0.1, -0.05) is 38.3 Å². The highest BCUT2D eigenvalue weighted by Crippen LogP contribution is 2.30. The van der Waals surface area contributed by atoms with Gasteiger partial charge in [-0.3, -0.25) is 0 Å². The Hall–Kier alpha value is -1.02. The minimum Gasteiger partial charge on any atom is -0.493 e. The number of ether oxygens (including phenoxy) is 1. The summed E-state index contributed by atoms with van der Waals surface area (Å²) in [6.07, 6.45) is 8.19. The van der Waals surface area contributed by atoms with Crippen LogP contribution in [0.25, 0.3) is 0 Å². The fourth-order valence-electron chi connectivity index (χ4n) is 3.71. The van der Waals surface area contributed by atoms with Crippen LogP contribution in [0, 0.1) is 11.8 Å². The lowest BCUT2D eigenvalue weighted by molar-refractivity contribution is 0.267. The van der Waals surface area contributed by atoms with E-state index in [0.29, 0.717) is 0 Å². The molecule has 1 aliphatic carbocycles. The molecule has 2 unspecified atom stereocenters. The molecule has 110 valence electrons. The average Bonchev–Trinajstić information content (AvgIpc) is 2.91. The maximum atomic E-state index is 5.55. The lowest BCUT2D eigenvalue weighted by Gasteiger charge is -2.26. The van der Waals surface area contributed by atoms with Gasteiger partial charge >= 0.3 is 0 Å². The quantitative estimate of drug-likeness (QED) is 0.821. The zero-order valence-corrected chi connectivity index (χ0v) is 12.7. The maximum absolute atomic E-state index is 5.55. The first-order valence-corrected chi connectivity index (χ1v) is 8.26. The number of fused-ring (bicyclic) bond motifs is 1. The van der Waals surface area contributed by atoms with Gasteiger partial charge in [0.2, 0.25) is 0 Å². The summed E-state index contributed by atoms with van der Waals surface area (Å²) < 4.78 is 5.55. The van der Waals surface area contributed by atoms with Gasteiger partial charge < -0.3 is 10.1 Å². The zero-order valence-electron chi connectivity index (χ0n) is 12.7. The van der Waals surface area contributed by atoms with Crippen molar-refractivity contribution in [2.24, 2.45) is 11.8 Å². The van der Waals surface area contributed by atoms with E-state index in [1.165, 1.54) is 43.2 Å². The first-order chi connectivity index (χ1) is 9.81. The van der Waals surface area contributed by atoms with Crippen LogP contribution in [0.5, 0.6) is 5.75 Å².